The van der Waals surface area contributed by atoms with E-state index in [1.807, 2.05) is 23.1 Å². The highest BCUT2D eigenvalue weighted by molar-refractivity contribution is 5.79. The van der Waals surface area contributed by atoms with Crippen LogP contribution in [0.15, 0.2) is 30.3 Å². The maximum Gasteiger partial charge on any atom is 0.224 e. The molecule has 0 radical (unpaired) electrons. The number of carbonyl (C=O) groups excluding carboxylic acids is 2. The summed E-state index contributed by atoms with van der Waals surface area (Å²) < 4.78 is 0. The fourth-order valence-electron chi connectivity index (χ4n) is 3.47. The van der Waals surface area contributed by atoms with E-state index in [0.29, 0.717) is 19.4 Å². The van der Waals surface area contributed by atoms with Gasteiger partial charge < -0.3 is 15.1 Å². The molecule has 1 saturated heterocycles. The maximum atomic E-state index is 12.3. The van der Waals surface area contributed by atoms with E-state index in [9.17, 15) is 9.59 Å². The van der Waals surface area contributed by atoms with E-state index in [1.165, 1.54) is 31.4 Å². The summed E-state index contributed by atoms with van der Waals surface area (Å²) >= 11 is 0. The average Bonchev–Trinajstić information content (AvgIpc) is 2.71. The van der Waals surface area contributed by atoms with Gasteiger partial charge in [-0.05, 0) is 18.6 Å². The van der Waals surface area contributed by atoms with Crippen LogP contribution in [-0.4, -0.2) is 49.4 Å². The van der Waals surface area contributed by atoms with E-state index in [0.717, 1.165) is 39.0 Å². The van der Waals surface area contributed by atoms with Crippen LogP contribution in [0.2, 0.25) is 0 Å². The highest BCUT2D eigenvalue weighted by Gasteiger charge is 2.20. The second-order valence-electron chi connectivity index (χ2n) is 7.32. The highest BCUT2D eigenvalue weighted by atomic mass is 16.2. The second kappa shape index (κ2) is 12.4. The van der Waals surface area contributed by atoms with Crippen molar-refractivity contribution in [3.05, 3.63) is 30.3 Å². The Bertz CT molecular complexity index is 554. The van der Waals surface area contributed by atoms with E-state index in [4.69, 9.17) is 0 Å². The molecule has 5 heteroatoms. The van der Waals surface area contributed by atoms with Crippen molar-refractivity contribution in [2.75, 3.05) is 37.6 Å². The van der Waals surface area contributed by atoms with Crippen molar-refractivity contribution in [1.29, 1.82) is 0 Å². The average molecular weight is 374 g/mol. The van der Waals surface area contributed by atoms with E-state index in [2.05, 4.69) is 29.3 Å². The van der Waals surface area contributed by atoms with Crippen LogP contribution in [-0.2, 0) is 9.59 Å². The monoisotopic (exact) mass is 373 g/mol. The minimum Gasteiger partial charge on any atom is -0.368 e. The molecule has 0 unspecified atom stereocenters. The second-order valence-corrected chi connectivity index (χ2v) is 7.32. The molecule has 1 aliphatic rings. The predicted octanol–water partition coefficient (Wildman–Crippen LogP) is 3.59. The third-order valence-electron chi connectivity index (χ3n) is 5.17. The number of rotatable bonds is 11. The molecule has 2 amide bonds. The molecule has 0 aliphatic carbocycles. The molecule has 1 fully saturated rings. The lowest BCUT2D eigenvalue weighted by molar-refractivity contribution is -0.131. The fourth-order valence-corrected chi connectivity index (χ4v) is 3.47. The number of nitrogens with one attached hydrogen (secondary N) is 1. The molecule has 1 aromatic rings. The lowest BCUT2D eigenvalue weighted by Gasteiger charge is -2.36. The van der Waals surface area contributed by atoms with Gasteiger partial charge in [-0.3, -0.25) is 9.59 Å². The summed E-state index contributed by atoms with van der Waals surface area (Å²) in [4.78, 5) is 28.4. The first-order valence-corrected chi connectivity index (χ1v) is 10.5. The van der Waals surface area contributed by atoms with Crippen molar-refractivity contribution in [3.63, 3.8) is 0 Å². The molecule has 0 aromatic heterocycles. The summed E-state index contributed by atoms with van der Waals surface area (Å²) in [6.45, 7) is 5.88. The van der Waals surface area contributed by atoms with Crippen molar-refractivity contribution >= 4 is 17.5 Å². The SMILES string of the molecule is CCCCCCCCC(=O)NCCC(=O)N1CCN(c2ccccc2)CC1. The molecule has 150 valence electrons. The number of carbonyl (C=O) groups is 2. The third-order valence-corrected chi connectivity index (χ3v) is 5.17. The Hall–Kier alpha value is -2.04. The van der Waals surface area contributed by atoms with Crippen LogP contribution in [0, 0.1) is 0 Å². The van der Waals surface area contributed by atoms with Crippen LogP contribution in [0.3, 0.4) is 0 Å². The molecule has 1 N–H and O–H groups in total. The zero-order valence-electron chi connectivity index (χ0n) is 16.8. The summed E-state index contributed by atoms with van der Waals surface area (Å²) in [5.41, 5.74) is 1.21. The number of benzene rings is 1. The first kappa shape index (κ1) is 21.3. The number of para-hydroxylation sites is 1. The van der Waals surface area contributed by atoms with E-state index in [1.54, 1.807) is 0 Å². The van der Waals surface area contributed by atoms with Crippen LogP contribution in [0.5, 0.6) is 0 Å². The summed E-state index contributed by atoms with van der Waals surface area (Å²) in [5, 5.41) is 2.89. The van der Waals surface area contributed by atoms with Gasteiger partial charge in [0.1, 0.15) is 0 Å². The molecule has 0 bridgehead atoms. The number of piperazine rings is 1. The van der Waals surface area contributed by atoms with Gasteiger partial charge in [0.25, 0.3) is 0 Å². The molecule has 27 heavy (non-hydrogen) atoms. The van der Waals surface area contributed by atoms with Crippen LogP contribution in [0.25, 0.3) is 0 Å². The van der Waals surface area contributed by atoms with Gasteiger partial charge in [-0.25, -0.2) is 0 Å². The topological polar surface area (TPSA) is 52.7 Å². The molecule has 0 saturated carbocycles. The molecule has 5 nitrogen and oxygen atoms in total. The van der Waals surface area contributed by atoms with Gasteiger partial charge in [-0.1, -0.05) is 57.2 Å². The smallest absolute Gasteiger partial charge is 0.224 e. The Morgan fingerprint density at radius 2 is 1.56 bits per heavy atom. The standard InChI is InChI=1S/C22H35N3O2/c1-2-3-4-5-6-10-13-21(26)23-15-14-22(27)25-18-16-24(17-19-25)20-11-8-7-9-12-20/h7-9,11-12H,2-6,10,13-19H2,1H3,(H,23,26). The molecule has 0 atom stereocenters. The summed E-state index contributed by atoms with van der Waals surface area (Å²) in [7, 11) is 0. The summed E-state index contributed by atoms with van der Waals surface area (Å²) in [6.07, 6.45) is 8.06. The minimum atomic E-state index is 0.0761. The lowest BCUT2D eigenvalue weighted by Crippen LogP contribution is -2.49. The first-order valence-electron chi connectivity index (χ1n) is 10.5. The lowest BCUT2D eigenvalue weighted by atomic mass is 10.1. The fraction of sp³-hybridized carbons (Fsp3) is 0.636. The Labute approximate surface area is 164 Å². The predicted molar refractivity (Wildman–Crippen MR) is 111 cm³/mol. The van der Waals surface area contributed by atoms with Crippen molar-refractivity contribution in [2.45, 2.75) is 58.3 Å². The highest BCUT2D eigenvalue weighted by Crippen LogP contribution is 2.15. The van der Waals surface area contributed by atoms with Crippen molar-refractivity contribution < 1.29 is 9.59 Å². The van der Waals surface area contributed by atoms with Crippen molar-refractivity contribution in [2.24, 2.45) is 0 Å². The Morgan fingerprint density at radius 3 is 2.26 bits per heavy atom. The molecule has 0 spiro atoms. The summed E-state index contributed by atoms with van der Waals surface area (Å²) in [6, 6.07) is 10.3. The summed E-state index contributed by atoms with van der Waals surface area (Å²) in [5.74, 6) is 0.217. The van der Waals surface area contributed by atoms with Gasteiger partial charge in [0.05, 0.1) is 0 Å². The van der Waals surface area contributed by atoms with Gasteiger partial charge in [0.15, 0.2) is 0 Å². The quantitative estimate of drug-likeness (QED) is 0.603. The molecule has 1 heterocycles. The molecular formula is C22H35N3O2. The third kappa shape index (κ3) is 8.02. The number of hydrogen-bond acceptors (Lipinski definition) is 3. The van der Waals surface area contributed by atoms with Gasteiger partial charge >= 0.3 is 0 Å². The first-order chi connectivity index (χ1) is 13.2. The van der Waals surface area contributed by atoms with Gasteiger partial charge in [-0.2, -0.15) is 0 Å². The maximum absolute atomic E-state index is 12.3. The van der Waals surface area contributed by atoms with E-state index >= 15 is 0 Å². The number of amides is 2. The van der Waals surface area contributed by atoms with Gasteiger partial charge in [0, 0.05) is 51.3 Å². The van der Waals surface area contributed by atoms with Gasteiger partial charge in [0.2, 0.25) is 11.8 Å². The molecule has 2 rings (SSSR count). The number of unbranched alkanes of at least 4 members (excludes halogenated alkanes) is 5. The van der Waals surface area contributed by atoms with E-state index < -0.39 is 0 Å². The van der Waals surface area contributed by atoms with Crippen LogP contribution in [0.4, 0.5) is 5.69 Å². The van der Waals surface area contributed by atoms with Crippen LogP contribution in [0.1, 0.15) is 58.3 Å². The Morgan fingerprint density at radius 1 is 0.889 bits per heavy atom. The number of nitrogens with zero attached hydrogens (tertiary/aromatic N) is 2. The largest absolute Gasteiger partial charge is 0.368 e. The van der Waals surface area contributed by atoms with Crippen molar-refractivity contribution in [3.8, 4) is 0 Å². The van der Waals surface area contributed by atoms with Crippen LogP contribution >= 0.6 is 0 Å². The Balaban J connectivity index is 1.54. The van der Waals surface area contributed by atoms with E-state index in [-0.39, 0.29) is 11.8 Å². The number of hydrogen-bond donors (Lipinski definition) is 1. The molecule has 1 aromatic carbocycles. The minimum absolute atomic E-state index is 0.0761. The van der Waals surface area contributed by atoms with Gasteiger partial charge in [-0.15, -0.1) is 0 Å². The normalized spacial score (nSPS) is 14.3. The van der Waals surface area contributed by atoms with Crippen molar-refractivity contribution in [1.82, 2.24) is 10.2 Å². The zero-order valence-corrected chi connectivity index (χ0v) is 16.8. The number of anilines is 1. The van der Waals surface area contributed by atoms with Crippen LogP contribution < -0.4 is 10.2 Å². The molecule has 1 aliphatic heterocycles. The molecular weight excluding hydrogens is 338 g/mol. The zero-order chi connectivity index (χ0) is 19.3. The Kier molecular flexibility index (Phi) is 9.74.